The number of carbonyl (C=O) groups excluding carboxylic acids is 1. The summed E-state index contributed by atoms with van der Waals surface area (Å²) in [5.41, 5.74) is 0. The second kappa shape index (κ2) is 6.90. The van der Waals surface area contributed by atoms with E-state index in [4.69, 9.17) is 11.5 Å². The van der Waals surface area contributed by atoms with Crippen LogP contribution < -0.4 is 5.32 Å². The molecule has 0 bridgehead atoms. The average Bonchev–Trinajstić information content (AvgIpc) is 2.27. The van der Waals surface area contributed by atoms with E-state index in [1.54, 1.807) is 0 Å². The van der Waals surface area contributed by atoms with Gasteiger partial charge in [0.05, 0.1) is 6.54 Å². The molecule has 1 rings (SSSR count). The molecule has 1 saturated carbocycles. The van der Waals surface area contributed by atoms with Gasteiger partial charge in [0.25, 0.3) is 0 Å². The molecule has 1 aliphatic carbocycles. The third kappa shape index (κ3) is 4.66. The van der Waals surface area contributed by atoms with Crippen LogP contribution in [0.3, 0.4) is 0 Å². The van der Waals surface area contributed by atoms with E-state index in [9.17, 15) is 9.59 Å². The first-order valence-corrected chi connectivity index (χ1v) is 6.23. The lowest BCUT2D eigenvalue weighted by atomic mass is 9.87. The van der Waals surface area contributed by atoms with Gasteiger partial charge in [0, 0.05) is 6.04 Å². The zero-order valence-corrected chi connectivity index (χ0v) is 10.7. The maximum atomic E-state index is 11.9. The van der Waals surface area contributed by atoms with E-state index in [1.165, 1.54) is 6.42 Å². The number of aliphatic carboxylic acids is 1. The number of carbonyl (C=O) groups is 2. The van der Waals surface area contributed by atoms with Gasteiger partial charge < -0.3 is 15.3 Å². The van der Waals surface area contributed by atoms with Gasteiger partial charge >= 0.3 is 12.0 Å². The Bertz CT molecular complexity index is 349. The normalized spacial score (nSPS) is 22.9. The standard InChI is InChI=1S/C13H20N2O3/c1-3-7-15(9-12(16)17)13(18)14-11-6-4-5-10(2)8-11/h1,10-11H,4-9H2,2H3,(H,14,18)(H,16,17). The second-order valence-corrected chi connectivity index (χ2v) is 4.87. The first kappa shape index (κ1) is 14.4. The lowest BCUT2D eigenvalue weighted by molar-refractivity contribution is -0.137. The van der Waals surface area contributed by atoms with Crippen LogP contribution in [0.5, 0.6) is 0 Å². The Hall–Kier alpha value is -1.70. The molecule has 0 aromatic carbocycles. The van der Waals surface area contributed by atoms with Crippen LogP contribution in [0, 0.1) is 18.3 Å². The SMILES string of the molecule is C#CCN(CC(=O)O)C(=O)NC1CCCC(C)C1. The molecular weight excluding hydrogens is 232 g/mol. The van der Waals surface area contributed by atoms with Crippen molar-refractivity contribution in [3.05, 3.63) is 0 Å². The molecule has 2 unspecified atom stereocenters. The monoisotopic (exact) mass is 252 g/mol. The molecule has 1 aliphatic rings. The van der Waals surface area contributed by atoms with Crippen molar-refractivity contribution >= 4 is 12.0 Å². The van der Waals surface area contributed by atoms with Gasteiger partial charge in [-0.2, -0.15) is 0 Å². The smallest absolute Gasteiger partial charge is 0.323 e. The van der Waals surface area contributed by atoms with Crippen LogP contribution in [0.4, 0.5) is 4.79 Å². The summed E-state index contributed by atoms with van der Waals surface area (Å²) in [7, 11) is 0. The maximum absolute atomic E-state index is 11.9. The first-order chi connectivity index (χ1) is 8.52. The molecule has 1 fully saturated rings. The summed E-state index contributed by atoms with van der Waals surface area (Å²) < 4.78 is 0. The molecular formula is C13H20N2O3. The van der Waals surface area contributed by atoms with Crippen molar-refractivity contribution in [2.45, 2.75) is 38.6 Å². The third-order valence-electron chi connectivity index (χ3n) is 3.16. The van der Waals surface area contributed by atoms with E-state index >= 15 is 0 Å². The van der Waals surface area contributed by atoms with Gasteiger partial charge in [-0.15, -0.1) is 6.42 Å². The fourth-order valence-electron chi connectivity index (χ4n) is 2.30. The second-order valence-electron chi connectivity index (χ2n) is 4.87. The minimum absolute atomic E-state index is 0.0143. The van der Waals surface area contributed by atoms with E-state index in [-0.39, 0.29) is 25.2 Å². The summed E-state index contributed by atoms with van der Waals surface area (Å²) in [5, 5.41) is 11.6. The van der Waals surface area contributed by atoms with Crippen LogP contribution in [-0.2, 0) is 4.79 Å². The summed E-state index contributed by atoms with van der Waals surface area (Å²) in [4.78, 5) is 23.7. The predicted octanol–water partition coefficient (Wildman–Crippen LogP) is 1.29. The predicted molar refractivity (Wildman–Crippen MR) is 68.0 cm³/mol. The fraction of sp³-hybridized carbons (Fsp3) is 0.692. The number of terminal acetylenes is 1. The van der Waals surface area contributed by atoms with E-state index in [2.05, 4.69) is 18.2 Å². The molecule has 5 heteroatoms. The summed E-state index contributed by atoms with van der Waals surface area (Å²) in [5.74, 6) is 1.85. The van der Waals surface area contributed by atoms with Crippen LogP contribution >= 0.6 is 0 Å². The molecule has 2 N–H and O–H groups in total. The quantitative estimate of drug-likeness (QED) is 0.741. The van der Waals surface area contributed by atoms with Crippen molar-refractivity contribution in [1.82, 2.24) is 10.2 Å². The number of nitrogens with zero attached hydrogens (tertiary/aromatic N) is 1. The van der Waals surface area contributed by atoms with Gasteiger partial charge in [-0.25, -0.2) is 4.79 Å². The Morgan fingerprint density at radius 3 is 2.78 bits per heavy atom. The Labute approximate surface area is 108 Å². The highest BCUT2D eigenvalue weighted by molar-refractivity contribution is 5.80. The van der Waals surface area contributed by atoms with Crippen LogP contribution in [-0.4, -0.2) is 41.1 Å². The Morgan fingerprint density at radius 2 is 2.22 bits per heavy atom. The number of urea groups is 1. The Balaban J connectivity index is 2.50. The lowest BCUT2D eigenvalue weighted by Gasteiger charge is -2.29. The molecule has 0 spiro atoms. The molecule has 2 amide bonds. The summed E-state index contributed by atoms with van der Waals surface area (Å²) >= 11 is 0. The molecule has 0 radical (unpaired) electrons. The van der Waals surface area contributed by atoms with Crippen molar-refractivity contribution < 1.29 is 14.7 Å². The zero-order valence-electron chi connectivity index (χ0n) is 10.7. The van der Waals surface area contributed by atoms with Gasteiger partial charge in [0.2, 0.25) is 0 Å². The summed E-state index contributed by atoms with van der Waals surface area (Å²) in [6.07, 6.45) is 9.32. The van der Waals surface area contributed by atoms with Crippen molar-refractivity contribution in [2.24, 2.45) is 5.92 Å². The number of amides is 2. The summed E-state index contributed by atoms with van der Waals surface area (Å²) in [6, 6.07) is -0.246. The van der Waals surface area contributed by atoms with Crippen molar-refractivity contribution in [2.75, 3.05) is 13.1 Å². The number of carboxylic acids is 1. The van der Waals surface area contributed by atoms with Crippen LogP contribution in [0.1, 0.15) is 32.6 Å². The lowest BCUT2D eigenvalue weighted by Crippen LogP contribution is -2.48. The van der Waals surface area contributed by atoms with E-state index in [1.807, 2.05) is 0 Å². The molecule has 0 aliphatic heterocycles. The number of carboxylic acid groups (broad SMARTS) is 1. The maximum Gasteiger partial charge on any atom is 0.323 e. The number of hydrogen-bond acceptors (Lipinski definition) is 2. The molecule has 0 aromatic rings. The van der Waals surface area contributed by atoms with E-state index in [0.717, 1.165) is 24.2 Å². The van der Waals surface area contributed by atoms with Crippen LogP contribution in [0.2, 0.25) is 0 Å². The zero-order chi connectivity index (χ0) is 13.5. The number of nitrogens with one attached hydrogen (secondary N) is 1. The van der Waals surface area contributed by atoms with Crippen molar-refractivity contribution in [3.8, 4) is 12.3 Å². The first-order valence-electron chi connectivity index (χ1n) is 6.23. The average molecular weight is 252 g/mol. The van der Waals surface area contributed by atoms with Gasteiger partial charge in [0.15, 0.2) is 0 Å². The molecule has 5 nitrogen and oxygen atoms in total. The fourth-order valence-corrected chi connectivity index (χ4v) is 2.30. The Kier molecular flexibility index (Phi) is 5.50. The minimum atomic E-state index is -1.06. The molecule has 2 atom stereocenters. The molecule has 0 saturated heterocycles. The van der Waals surface area contributed by atoms with Crippen LogP contribution in [0.25, 0.3) is 0 Å². The van der Waals surface area contributed by atoms with E-state index in [0.29, 0.717) is 5.92 Å². The highest BCUT2D eigenvalue weighted by atomic mass is 16.4. The molecule has 18 heavy (non-hydrogen) atoms. The van der Waals surface area contributed by atoms with Crippen molar-refractivity contribution in [3.63, 3.8) is 0 Å². The molecule has 0 heterocycles. The van der Waals surface area contributed by atoms with Gasteiger partial charge in [-0.3, -0.25) is 4.79 Å². The number of rotatable bonds is 4. The topological polar surface area (TPSA) is 69.6 Å². The molecule has 0 aromatic heterocycles. The third-order valence-corrected chi connectivity index (χ3v) is 3.16. The van der Waals surface area contributed by atoms with Gasteiger partial charge in [-0.05, 0) is 18.8 Å². The van der Waals surface area contributed by atoms with Gasteiger partial charge in [-0.1, -0.05) is 25.7 Å². The molecule has 100 valence electrons. The largest absolute Gasteiger partial charge is 0.480 e. The highest BCUT2D eigenvalue weighted by Gasteiger charge is 2.23. The van der Waals surface area contributed by atoms with Gasteiger partial charge in [0.1, 0.15) is 6.54 Å². The van der Waals surface area contributed by atoms with E-state index < -0.39 is 5.97 Å². The van der Waals surface area contributed by atoms with Crippen molar-refractivity contribution in [1.29, 1.82) is 0 Å². The minimum Gasteiger partial charge on any atom is -0.480 e. The summed E-state index contributed by atoms with van der Waals surface area (Å²) in [6.45, 7) is 1.81. The highest BCUT2D eigenvalue weighted by Crippen LogP contribution is 2.23. The van der Waals surface area contributed by atoms with Crippen LogP contribution in [0.15, 0.2) is 0 Å². The Morgan fingerprint density at radius 1 is 1.50 bits per heavy atom. The number of hydrogen-bond donors (Lipinski definition) is 2.